The molecule has 2 amide bonds. The Morgan fingerprint density at radius 1 is 1.24 bits per heavy atom. The van der Waals surface area contributed by atoms with Gasteiger partial charge < -0.3 is 30.5 Å². The van der Waals surface area contributed by atoms with Crippen LogP contribution in [0, 0.1) is 0 Å². The van der Waals surface area contributed by atoms with Crippen LogP contribution in [0.15, 0.2) is 36.5 Å². The van der Waals surface area contributed by atoms with Crippen LogP contribution in [-0.2, 0) is 11.2 Å². The van der Waals surface area contributed by atoms with E-state index in [1.807, 2.05) is 0 Å². The van der Waals surface area contributed by atoms with Crippen molar-refractivity contribution in [3.05, 3.63) is 47.7 Å². The molecule has 0 spiro atoms. The number of ether oxygens (including phenoxy) is 2. The number of nitrogens with zero attached hydrogens (tertiary/aromatic N) is 2. The van der Waals surface area contributed by atoms with Crippen molar-refractivity contribution in [1.82, 2.24) is 15.2 Å². The predicted octanol–water partition coefficient (Wildman–Crippen LogP) is 2.53. The normalized spacial score (nSPS) is 17.4. The number of hydrogen-bond donors (Lipinski definition) is 3. The van der Waals surface area contributed by atoms with Gasteiger partial charge in [0.15, 0.2) is 17.7 Å². The predicted molar refractivity (Wildman–Crippen MR) is 120 cm³/mol. The molecule has 1 aliphatic rings. The SMILES string of the molecule is CC(C)(O)CNC(=O)c1cnc(N)c(O[C@@H]2CN(C(=O)Cc3ccc(OC(F)(F)F)cc3)CC2(F)F)c1. The number of aliphatic hydroxyl groups is 1. The molecule has 1 atom stereocenters. The zero-order chi connectivity index (χ0) is 27.6. The van der Waals surface area contributed by atoms with Crippen LogP contribution in [0.1, 0.15) is 29.8 Å². The lowest BCUT2D eigenvalue weighted by Gasteiger charge is -2.20. The van der Waals surface area contributed by atoms with E-state index < -0.39 is 54.6 Å². The lowest BCUT2D eigenvalue weighted by molar-refractivity contribution is -0.274. The molecule has 2 heterocycles. The molecule has 37 heavy (non-hydrogen) atoms. The molecule has 3 rings (SSSR count). The Morgan fingerprint density at radius 3 is 2.49 bits per heavy atom. The van der Waals surface area contributed by atoms with Crippen LogP contribution in [-0.4, -0.2) is 70.4 Å². The number of aromatic nitrogens is 1. The number of benzene rings is 1. The van der Waals surface area contributed by atoms with Crippen molar-refractivity contribution in [2.45, 2.75) is 44.3 Å². The first-order chi connectivity index (χ1) is 17.0. The van der Waals surface area contributed by atoms with Crippen molar-refractivity contribution < 1.29 is 46.1 Å². The lowest BCUT2D eigenvalue weighted by atomic mass is 10.1. The minimum absolute atomic E-state index is 0.0411. The second-order valence-electron chi connectivity index (χ2n) is 9.11. The summed E-state index contributed by atoms with van der Waals surface area (Å²) in [5, 5.41) is 12.2. The van der Waals surface area contributed by atoms with E-state index in [2.05, 4.69) is 15.0 Å². The van der Waals surface area contributed by atoms with Gasteiger partial charge in [-0.25, -0.2) is 13.8 Å². The number of nitrogens with one attached hydrogen (secondary N) is 1. The third-order valence-corrected chi connectivity index (χ3v) is 5.22. The molecule has 0 saturated carbocycles. The number of halogens is 5. The summed E-state index contributed by atoms with van der Waals surface area (Å²) in [5.41, 5.74) is 4.80. The van der Waals surface area contributed by atoms with E-state index >= 15 is 0 Å². The van der Waals surface area contributed by atoms with E-state index in [0.717, 1.165) is 29.3 Å². The van der Waals surface area contributed by atoms with Crippen molar-refractivity contribution in [3.8, 4) is 11.5 Å². The Kier molecular flexibility index (Phi) is 7.81. The molecule has 4 N–H and O–H groups in total. The monoisotopic (exact) mass is 532 g/mol. The van der Waals surface area contributed by atoms with Crippen LogP contribution < -0.4 is 20.5 Å². The summed E-state index contributed by atoms with van der Waals surface area (Å²) in [6, 6.07) is 5.61. The highest BCUT2D eigenvalue weighted by molar-refractivity contribution is 5.94. The molecule has 1 aromatic heterocycles. The molecule has 1 fully saturated rings. The third-order valence-electron chi connectivity index (χ3n) is 5.22. The number of carbonyl (C=O) groups is 2. The maximum Gasteiger partial charge on any atom is 0.573 e. The number of alkyl halides is 5. The molecule has 9 nitrogen and oxygen atoms in total. The first-order valence-corrected chi connectivity index (χ1v) is 11.0. The smallest absolute Gasteiger partial charge is 0.478 e. The molecule has 0 aliphatic carbocycles. The summed E-state index contributed by atoms with van der Waals surface area (Å²) < 4.78 is 75.3. The number of likely N-dealkylation sites (tertiary alicyclic amines) is 1. The summed E-state index contributed by atoms with van der Waals surface area (Å²) >= 11 is 0. The highest BCUT2D eigenvalue weighted by Gasteiger charge is 2.51. The van der Waals surface area contributed by atoms with Crippen LogP contribution >= 0.6 is 0 Å². The fraction of sp³-hybridized carbons (Fsp3) is 0.435. The summed E-state index contributed by atoms with van der Waals surface area (Å²) in [5.74, 6) is -5.81. The van der Waals surface area contributed by atoms with Gasteiger partial charge in [0.05, 0.1) is 30.7 Å². The minimum atomic E-state index is -4.87. The van der Waals surface area contributed by atoms with Gasteiger partial charge in [0.25, 0.3) is 5.91 Å². The second-order valence-corrected chi connectivity index (χ2v) is 9.11. The van der Waals surface area contributed by atoms with Gasteiger partial charge in [0.1, 0.15) is 5.75 Å². The maximum atomic E-state index is 14.7. The topological polar surface area (TPSA) is 127 Å². The molecular weight excluding hydrogens is 507 g/mol. The summed E-state index contributed by atoms with van der Waals surface area (Å²) in [7, 11) is 0. The fourth-order valence-electron chi connectivity index (χ4n) is 3.39. The molecule has 1 aliphatic heterocycles. The molecular formula is C23H25F5N4O5. The van der Waals surface area contributed by atoms with Gasteiger partial charge in [-0.1, -0.05) is 12.1 Å². The highest BCUT2D eigenvalue weighted by atomic mass is 19.4. The lowest BCUT2D eigenvalue weighted by Crippen LogP contribution is -2.38. The zero-order valence-electron chi connectivity index (χ0n) is 19.8. The van der Waals surface area contributed by atoms with Gasteiger partial charge in [0, 0.05) is 12.7 Å². The van der Waals surface area contributed by atoms with Crippen molar-refractivity contribution in [3.63, 3.8) is 0 Å². The second kappa shape index (κ2) is 10.4. The Balaban J connectivity index is 1.65. The molecule has 1 saturated heterocycles. The fourth-order valence-corrected chi connectivity index (χ4v) is 3.39. The van der Waals surface area contributed by atoms with Gasteiger partial charge in [-0.3, -0.25) is 9.59 Å². The van der Waals surface area contributed by atoms with Gasteiger partial charge in [0.2, 0.25) is 5.91 Å². The van der Waals surface area contributed by atoms with E-state index in [1.54, 1.807) is 0 Å². The van der Waals surface area contributed by atoms with E-state index in [0.29, 0.717) is 5.56 Å². The number of rotatable bonds is 8. The Labute approximate surface area is 208 Å². The van der Waals surface area contributed by atoms with E-state index in [9.17, 15) is 36.6 Å². The average Bonchev–Trinajstić information content (AvgIpc) is 3.07. The van der Waals surface area contributed by atoms with Crippen molar-refractivity contribution in [1.29, 1.82) is 0 Å². The Hall–Kier alpha value is -3.68. The van der Waals surface area contributed by atoms with Gasteiger partial charge in [-0.2, -0.15) is 0 Å². The largest absolute Gasteiger partial charge is 0.573 e. The van der Waals surface area contributed by atoms with Crippen LogP contribution in [0.5, 0.6) is 11.5 Å². The van der Waals surface area contributed by atoms with Gasteiger partial charge >= 0.3 is 12.3 Å². The molecule has 0 bridgehead atoms. The standard InChI is InChI=1S/C23H25F5N4O5/c1-21(2,35)11-31-20(34)14-8-16(19(29)30-9-14)36-17-10-32(12-22(17,24)25)18(33)7-13-3-5-15(6-4-13)37-23(26,27)28/h3-6,8-9,17,35H,7,10-12H2,1-2H3,(H2,29,30)(H,31,34)/t17-/m1/s1. The quantitative estimate of drug-likeness (QED) is 0.446. The van der Waals surface area contributed by atoms with E-state index in [-0.39, 0.29) is 30.1 Å². The third kappa shape index (κ3) is 7.90. The molecule has 1 aromatic carbocycles. The zero-order valence-corrected chi connectivity index (χ0v) is 19.8. The van der Waals surface area contributed by atoms with Gasteiger partial charge in [-0.05, 0) is 37.6 Å². The molecule has 14 heteroatoms. The first kappa shape index (κ1) is 27.9. The Bertz CT molecular complexity index is 1140. The number of nitrogens with two attached hydrogens (primary N) is 1. The number of anilines is 1. The first-order valence-electron chi connectivity index (χ1n) is 11.0. The molecule has 2 aromatic rings. The summed E-state index contributed by atoms with van der Waals surface area (Å²) in [6.07, 6.45) is -5.88. The molecule has 0 unspecified atom stereocenters. The number of hydrogen-bond acceptors (Lipinski definition) is 7. The average molecular weight is 532 g/mol. The number of nitrogen functional groups attached to an aromatic ring is 1. The van der Waals surface area contributed by atoms with Crippen molar-refractivity contribution in [2.75, 3.05) is 25.4 Å². The van der Waals surface area contributed by atoms with Crippen LogP contribution in [0.3, 0.4) is 0 Å². The maximum absolute atomic E-state index is 14.7. The Morgan fingerprint density at radius 2 is 1.89 bits per heavy atom. The van der Waals surface area contributed by atoms with Crippen LogP contribution in [0.2, 0.25) is 0 Å². The van der Waals surface area contributed by atoms with Crippen LogP contribution in [0.4, 0.5) is 27.8 Å². The number of pyridine rings is 1. The van der Waals surface area contributed by atoms with Crippen molar-refractivity contribution >= 4 is 17.6 Å². The number of amides is 2. The van der Waals surface area contributed by atoms with E-state index in [1.165, 1.54) is 26.0 Å². The van der Waals surface area contributed by atoms with E-state index in [4.69, 9.17) is 10.5 Å². The minimum Gasteiger partial charge on any atom is -0.478 e. The summed E-state index contributed by atoms with van der Waals surface area (Å²) in [6.45, 7) is 1.42. The van der Waals surface area contributed by atoms with Crippen molar-refractivity contribution in [2.24, 2.45) is 0 Å². The van der Waals surface area contributed by atoms with Crippen LogP contribution in [0.25, 0.3) is 0 Å². The summed E-state index contributed by atoms with van der Waals surface area (Å²) in [4.78, 5) is 29.6. The highest BCUT2D eigenvalue weighted by Crippen LogP contribution is 2.33. The molecule has 0 radical (unpaired) electrons. The molecule has 202 valence electrons. The van der Waals surface area contributed by atoms with Gasteiger partial charge in [-0.15, -0.1) is 13.2 Å². The number of carbonyl (C=O) groups excluding carboxylic acids is 2.